The zero-order valence-corrected chi connectivity index (χ0v) is 12.4. The van der Waals surface area contributed by atoms with Gasteiger partial charge in [-0.05, 0) is 23.8 Å². The van der Waals surface area contributed by atoms with Crippen LogP contribution < -0.4 is 4.74 Å². The number of hydrogen-bond acceptors (Lipinski definition) is 8. The quantitative estimate of drug-likeness (QED) is 0.158. The van der Waals surface area contributed by atoms with Crippen molar-refractivity contribution in [2.45, 2.75) is 0 Å². The van der Waals surface area contributed by atoms with Crippen LogP contribution >= 0.6 is 0 Å². The molecule has 0 aliphatic heterocycles. The highest BCUT2D eigenvalue weighted by Gasteiger charge is 2.23. The Labute approximate surface area is 139 Å². The molecule has 130 valence electrons. The molecule has 0 aromatic heterocycles. The van der Waals surface area contributed by atoms with Crippen molar-refractivity contribution in [1.82, 2.24) is 0 Å². The Balaban J connectivity index is 2.27. The van der Waals surface area contributed by atoms with E-state index in [4.69, 9.17) is 5.11 Å². The van der Waals surface area contributed by atoms with Gasteiger partial charge in [0.2, 0.25) is 11.5 Å². The number of aromatic carboxylic acids is 1. The molecule has 0 amide bonds. The molecule has 0 unspecified atom stereocenters. The van der Waals surface area contributed by atoms with E-state index in [1.165, 1.54) is 18.2 Å². The van der Waals surface area contributed by atoms with Gasteiger partial charge in [0.1, 0.15) is 5.56 Å². The van der Waals surface area contributed by atoms with Gasteiger partial charge in [0, 0.05) is 12.1 Å². The molecule has 0 heterocycles. The molecular weight excluding hydrogens is 336 g/mol. The summed E-state index contributed by atoms with van der Waals surface area (Å²) in [5.74, 6) is -7.34. The fourth-order valence-electron chi connectivity index (χ4n) is 1.83. The number of aromatic hydroxyl groups is 5. The largest absolute Gasteiger partial charge is 0.504 e. The van der Waals surface area contributed by atoms with E-state index >= 15 is 0 Å². The maximum absolute atomic E-state index is 11.8. The summed E-state index contributed by atoms with van der Waals surface area (Å²) < 4.78 is 4.66. The number of phenols is 5. The molecule has 0 bridgehead atoms. The van der Waals surface area contributed by atoms with Crippen LogP contribution in [0.5, 0.6) is 34.5 Å². The van der Waals surface area contributed by atoms with E-state index in [2.05, 4.69) is 4.74 Å². The lowest BCUT2D eigenvalue weighted by Gasteiger charge is -2.10. The van der Waals surface area contributed by atoms with Gasteiger partial charge < -0.3 is 35.4 Å². The number of benzene rings is 2. The maximum Gasteiger partial charge on any atom is 0.339 e. The second-order valence-corrected chi connectivity index (χ2v) is 4.78. The van der Waals surface area contributed by atoms with Crippen LogP contribution in [0.2, 0.25) is 0 Å². The summed E-state index contributed by atoms with van der Waals surface area (Å²) in [7, 11) is 0. The molecule has 0 saturated carbocycles. The van der Waals surface area contributed by atoms with Gasteiger partial charge in [-0.3, -0.25) is 0 Å². The first-order valence-electron chi connectivity index (χ1n) is 6.63. The van der Waals surface area contributed by atoms with Gasteiger partial charge in [-0.1, -0.05) is 6.07 Å². The molecule has 9 nitrogen and oxygen atoms in total. The fraction of sp³-hybridized carbons (Fsp3) is 0. The lowest BCUT2D eigenvalue weighted by molar-refractivity contribution is -0.129. The molecule has 2 rings (SSSR count). The number of rotatable bonds is 4. The number of ether oxygens (including phenoxy) is 1. The minimum atomic E-state index is -1.61. The van der Waals surface area contributed by atoms with Crippen LogP contribution in [0, 0.1) is 0 Å². The Morgan fingerprint density at radius 3 is 2.16 bits per heavy atom. The summed E-state index contributed by atoms with van der Waals surface area (Å²) in [6.45, 7) is 0. The molecule has 2 aromatic carbocycles. The summed E-state index contributed by atoms with van der Waals surface area (Å²) in [5, 5.41) is 56.2. The molecule has 2 aromatic rings. The van der Waals surface area contributed by atoms with E-state index in [-0.39, 0.29) is 5.75 Å². The molecule has 0 saturated heterocycles. The average molecular weight is 348 g/mol. The third kappa shape index (κ3) is 3.72. The minimum absolute atomic E-state index is 0.322. The number of hydrogen-bond donors (Lipinski definition) is 6. The van der Waals surface area contributed by atoms with E-state index in [1.54, 1.807) is 0 Å². The highest BCUT2D eigenvalue weighted by molar-refractivity contribution is 5.95. The second kappa shape index (κ2) is 6.71. The maximum atomic E-state index is 11.8. The van der Waals surface area contributed by atoms with Crippen LogP contribution in [0.1, 0.15) is 15.9 Å². The predicted molar refractivity (Wildman–Crippen MR) is 82.8 cm³/mol. The Bertz CT molecular complexity index is 884. The Hall–Kier alpha value is -3.88. The van der Waals surface area contributed by atoms with Gasteiger partial charge in [0.15, 0.2) is 23.0 Å². The molecule has 0 radical (unpaired) electrons. The van der Waals surface area contributed by atoms with Crippen molar-refractivity contribution in [3.63, 3.8) is 0 Å². The van der Waals surface area contributed by atoms with Crippen molar-refractivity contribution < 1.29 is 45.0 Å². The van der Waals surface area contributed by atoms with Gasteiger partial charge in [-0.25, -0.2) is 9.59 Å². The molecule has 9 heteroatoms. The van der Waals surface area contributed by atoms with Crippen LogP contribution in [0.15, 0.2) is 30.3 Å². The summed E-state index contributed by atoms with van der Waals surface area (Å²) >= 11 is 0. The zero-order valence-electron chi connectivity index (χ0n) is 12.4. The minimum Gasteiger partial charge on any atom is -0.504 e. The van der Waals surface area contributed by atoms with E-state index in [9.17, 15) is 35.1 Å². The molecule has 25 heavy (non-hydrogen) atoms. The van der Waals surface area contributed by atoms with E-state index in [0.717, 1.165) is 12.1 Å². The SMILES string of the molecule is O=C(C=Cc1ccc(O)c(O)c1)Oc1c(O)c(O)cc(C(=O)O)c1O. The highest BCUT2D eigenvalue weighted by atomic mass is 16.5. The molecule has 0 spiro atoms. The third-order valence-electron chi connectivity index (χ3n) is 3.05. The number of carbonyl (C=O) groups excluding carboxylic acids is 1. The van der Waals surface area contributed by atoms with Crippen LogP contribution in [0.4, 0.5) is 0 Å². The second-order valence-electron chi connectivity index (χ2n) is 4.78. The molecule has 0 aliphatic rings. The van der Waals surface area contributed by atoms with Crippen molar-refractivity contribution in [2.24, 2.45) is 0 Å². The van der Waals surface area contributed by atoms with E-state index < -0.39 is 46.2 Å². The topological polar surface area (TPSA) is 165 Å². The number of carbonyl (C=O) groups is 2. The van der Waals surface area contributed by atoms with Crippen LogP contribution in [-0.2, 0) is 4.79 Å². The molecule has 6 N–H and O–H groups in total. The van der Waals surface area contributed by atoms with E-state index in [1.807, 2.05) is 0 Å². The van der Waals surface area contributed by atoms with Crippen molar-refractivity contribution in [2.75, 3.05) is 0 Å². The lowest BCUT2D eigenvalue weighted by Crippen LogP contribution is -2.06. The number of carboxylic acid groups (broad SMARTS) is 1. The standard InChI is InChI=1S/C16H12O9/c17-9-3-1-7(5-10(9)18)2-4-12(20)25-15-13(21)8(16(23)24)6-11(19)14(15)22/h1-6,17-19,21-22H,(H,23,24). The fourth-order valence-corrected chi connectivity index (χ4v) is 1.83. The van der Waals surface area contributed by atoms with Crippen LogP contribution in [0.25, 0.3) is 6.08 Å². The van der Waals surface area contributed by atoms with Gasteiger partial charge in [0.25, 0.3) is 0 Å². The summed E-state index contributed by atoms with van der Waals surface area (Å²) in [4.78, 5) is 22.7. The smallest absolute Gasteiger partial charge is 0.339 e. The summed E-state index contributed by atoms with van der Waals surface area (Å²) in [6.07, 6.45) is 2.05. The van der Waals surface area contributed by atoms with Crippen molar-refractivity contribution in [1.29, 1.82) is 0 Å². The van der Waals surface area contributed by atoms with Crippen LogP contribution in [0.3, 0.4) is 0 Å². The normalized spacial score (nSPS) is 10.7. The average Bonchev–Trinajstić information content (AvgIpc) is 2.55. The van der Waals surface area contributed by atoms with Crippen molar-refractivity contribution in [3.8, 4) is 34.5 Å². The van der Waals surface area contributed by atoms with E-state index in [0.29, 0.717) is 11.6 Å². The van der Waals surface area contributed by atoms with Gasteiger partial charge in [0.05, 0.1) is 0 Å². The lowest BCUT2D eigenvalue weighted by atomic mass is 10.1. The Kier molecular flexibility index (Phi) is 4.69. The number of phenolic OH excluding ortho intramolecular Hbond substituents is 4. The van der Waals surface area contributed by atoms with Gasteiger partial charge >= 0.3 is 11.9 Å². The number of carboxylic acids is 1. The van der Waals surface area contributed by atoms with Gasteiger partial charge in [-0.2, -0.15) is 0 Å². The van der Waals surface area contributed by atoms with Gasteiger partial charge in [-0.15, -0.1) is 0 Å². The summed E-state index contributed by atoms with van der Waals surface area (Å²) in [5.41, 5.74) is -0.451. The monoisotopic (exact) mass is 348 g/mol. The highest BCUT2D eigenvalue weighted by Crippen LogP contribution is 2.45. The zero-order chi connectivity index (χ0) is 18.7. The third-order valence-corrected chi connectivity index (χ3v) is 3.05. The molecular formula is C16H12O9. The Morgan fingerprint density at radius 1 is 0.880 bits per heavy atom. The first kappa shape index (κ1) is 17.5. The molecule has 0 aliphatic carbocycles. The molecule has 0 atom stereocenters. The Morgan fingerprint density at radius 2 is 1.56 bits per heavy atom. The van der Waals surface area contributed by atoms with Crippen LogP contribution in [-0.4, -0.2) is 42.6 Å². The first-order valence-corrected chi connectivity index (χ1v) is 6.63. The first-order chi connectivity index (χ1) is 11.7. The van der Waals surface area contributed by atoms with Crippen molar-refractivity contribution in [3.05, 3.63) is 41.5 Å². The predicted octanol–water partition coefficient (Wildman–Crippen LogP) is 1.53. The van der Waals surface area contributed by atoms with Crippen molar-refractivity contribution >= 4 is 18.0 Å². The molecule has 0 fully saturated rings. The summed E-state index contributed by atoms with van der Waals surface area (Å²) in [6, 6.07) is 4.32. The number of esters is 1.